The van der Waals surface area contributed by atoms with Gasteiger partial charge in [-0.25, -0.2) is 6.08 Å². The van der Waals surface area contributed by atoms with E-state index in [0.29, 0.717) is 11.3 Å². The van der Waals surface area contributed by atoms with Crippen molar-refractivity contribution in [2.24, 2.45) is 11.3 Å². The molecule has 0 nitrogen and oxygen atoms in total. The molecule has 0 aliphatic heterocycles. The van der Waals surface area contributed by atoms with E-state index in [0.717, 1.165) is 6.42 Å². The van der Waals surface area contributed by atoms with Crippen molar-refractivity contribution in [3.8, 4) is 11.1 Å². The van der Waals surface area contributed by atoms with Crippen LogP contribution < -0.4 is 0 Å². The Bertz CT molecular complexity index is 1690. The van der Waals surface area contributed by atoms with Gasteiger partial charge in [-0.2, -0.15) is 107 Å². The third-order valence-corrected chi connectivity index (χ3v) is 9.77. The predicted octanol–water partition coefficient (Wildman–Crippen LogP) is 15.4. The van der Waals surface area contributed by atoms with Crippen LogP contribution >= 0.6 is 24.8 Å². The van der Waals surface area contributed by atoms with Gasteiger partial charge in [-0.3, -0.25) is 6.08 Å². The van der Waals surface area contributed by atoms with Gasteiger partial charge in [0.25, 0.3) is 0 Å². The van der Waals surface area contributed by atoms with Crippen molar-refractivity contribution in [3.05, 3.63) is 154 Å². The summed E-state index contributed by atoms with van der Waals surface area (Å²) in [5, 5.41) is 0. The molecular formula is C53H72Cl2Zr-4. The molecule has 0 amide bonds. The summed E-state index contributed by atoms with van der Waals surface area (Å²) in [4.78, 5) is 0. The molecule has 6 rings (SSSR count). The molecule has 306 valence electrons. The molecule has 0 N–H and O–H groups in total. The van der Waals surface area contributed by atoms with Crippen molar-refractivity contribution in [2.45, 2.75) is 145 Å². The Morgan fingerprint density at radius 1 is 0.571 bits per heavy atom. The Morgan fingerprint density at radius 3 is 1.36 bits per heavy atom. The first-order valence-corrected chi connectivity index (χ1v) is 21.4. The SMILES string of the molecule is CC(C)(C)c1[c-]c2c(cc1)-c1ccc(C(C)(C)C)cc1C2.CC(C)(C)c1cc[c-]cc1.CC(C)(C)c1cc[c-]cc1.CCC1[C-]=CC(C(C)(C)C)=C1.Cl.Cl.[CH2]=[Zr]. The molecule has 0 radical (unpaired) electrons. The van der Waals surface area contributed by atoms with Crippen LogP contribution in [0.3, 0.4) is 0 Å². The summed E-state index contributed by atoms with van der Waals surface area (Å²) in [6.07, 6.45) is 10.0. The minimum absolute atomic E-state index is 0. The first kappa shape index (κ1) is 53.7. The molecule has 4 aromatic carbocycles. The van der Waals surface area contributed by atoms with Gasteiger partial charge in [0, 0.05) is 0 Å². The molecule has 2 aliphatic rings. The van der Waals surface area contributed by atoms with E-state index in [9.17, 15) is 0 Å². The number of rotatable bonds is 1. The van der Waals surface area contributed by atoms with Crippen molar-refractivity contribution in [3.63, 3.8) is 0 Å². The summed E-state index contributed by atoms with van der Waals surface area (Å²) < 4.78 is 3.34. The summed E-state index contributed by atoms with van der Waals surface area (Å²) >= 11 is 1.30. The zero-order valence-corrected chi connectivity index (χ0v) is 41.8. The average Bonchev–Trinajstić information content (AvgIpc) is 3.74. The zero-order valence-electron chi connectivity index (χ0n) is 37.7. The molecule has 56 heavy (non-hydrogen) atoms. The zero-order chi connectivity index (χ0) is 41.1. The Balaban J connectivity index is 0.000000745. The molecule has 0 saturated carbocycles. The summed E-state index contributed by atoms with van der Waals surface area (Å²) in [7, 11) is 0. The molecular weight excluding hydrogens is 799 g/mol. The first-order valence-electron chi connectivity index (χ1n) is 19.7. The number of benzene rings is 4. The van der Waals surface area contributed by atoms with Gasteiger partial charge in [0.1, 0.15) is 0 Å². The molecule has 0 aromatic heterocycles. The van der Waals surface area contributed by atoms with Gasteiger partial charge in [-0.1, -0.05) is 152 Å². The van der Waals surface area contributed by atoms with Crippen LogP contribution in [0, 0.1) is 35.6 Å². The fraction of sp³-hybridized carbons (Fsp3) is 0.453. The van der Waals surface area contributed by atoms with E-state index < -0.39 is 0 Å². The van der Waals surface area contributed by atoms with E-state index in [4.69, 9.17) is 0 Å². The molecule has 4 aromatic rings. The monoisotopic (exact) mass is 868 g/mol. The van der Waals surface area contributed by atoms with E-state index in [1.54, 1.807) is 0 Å². The Labute approximate surface area is 372 Å². The molecule has 1 unspecified atom stereocenters. The number of hydrogen-bond donors (Lipinski definition) is 0. The quantitative estimate of drug-likeness (QED) is 0.147. The van der Waals surface area contributed by atoms with Gasteiger partial charge in [0.2, 0.25) is 0 Å². The fourth-order valence-corrected chi connectivity index (χ4v) is 6.01. The van der Waals surface area contributed by atoms with Crippen molar-refractivity contribution in [2.75, 3.05) is 0 Å². The molecule has 3 heteroatoms. The summed E-state index contributed by atoms with van der Waals surface area (Å²) in [6, 6.07) is 37.5. The van der Waals surface area contributed by atoms with Crippen molar-refractivity contribution < 1.29 is 24.2 Å². The molecule has 0 spiro atoms. The predicted molar refractivity (Wildman–Crippen MR) is 250 cm³/mol. The van der Waals surface area contributed by atoms with Crippen LogP contribution in [-0.2, 0) is 52.3 Å². The normalized spacial score (nSPS) is 14.1. The van der Waals surface area contributed by atoms with Crippen LogP contribution in [0.5, 0.6) is 0 Å². The second-order valence-electron chi connectivity index (χ2n) is 19.6. The standard InChI is InChI=1S/C21H25.C11H17.2C10H13.CH2.2ClH.Zr/c1-20(2,3)16-7-9-18-14(12-16)11-15-13-17(21(4,5)6)8-10-19(15)18;1-5-9-6-7-10(8-9)11(2,3)4;2*1-10(2,3)9-7-5-4-6-8-9;;;;/h7-10,12H,11H2,1-6H3;7-9H,5H2,1-4H3;2*5-8H,1-3H3;1H2;2*1H;/q4*-1;;;;. The first-order chi connectivity index (χ1) is 24.9. The second-order valence-corrected chi connectivity index (χ2v) is 19.6. The maximum atomic E-state index is 3.67. The van der Waals surface area contributed by atoms with Gasteiger partial charge in [-0.15, -0.1) is 35.9 Å². The van der Waals surface area contributed by atoms with Crippen LogP contribution in [0.15, 0.2) is 96.6 Å². The van der Waals surface area contributed by atoms with Crippen LogP contribution in [0.4, 0.5) is 0 Å². The summed E-state index contributed by atoms with van der Waals surface area (Å²) in [6.45, 7) is 35.8. The Kier molecular flexibility index (Phi) is 21.8. The summed E-state index contributed by atoms with van der Waals surface area (Å²) in [5.74, 6) is 0.573. The van der Waals surface area contributed by atoms with Crippen LogP contribution in [0.1, 0.15) is 151 Å². The minimum atomic E-state index is 0. The molecule has 0 heterocycles. The number of hydrogen-bond acceptors (Lipinski definition) is 0. The molecule has 1 atom stereocenters. The number of allylic oxidation sites excluding steroid dienone is 4. The molecule has 2 aliphatic carbocycles. The van der Waals surface area contributed by atoms with E-state index in [1.165, 1.54) is 80.7 Å². The van der Waals surface area contributed by atoms with Gasteiger partial charge in [0.15, 0.2) is 0 Å². The van der Waals surface area contributed by atoms with Gasteiger partial charge >= 0.3 is 28.4 Å². The van der Waals surface area contributed by atoms with Gasteiger partial charge < -0.3 is 0 Å². The van der Waals surface area contributed by atoms with Crippen molar-refractivity contribution in [1.29, 1.82) is 0 Å². The Hall–Kier alpha value is -2.31. The average molecular weight is 871 g/mol. The molecule has 0 bridgehead atoms. The Morgan fingerprint density at radius 2 is 1.02 bits per heavy atom. The van der Waals surface area contributed by atoms with E-state index in [1.807, 2.05) is 24.3 Å². The van der Waals surface area contributed by atoms with Gasteiger partial charge in [-0.05, 0) is 39.2 Å². The second kappa shape index (κ2) is 22.7. The molecule has 0 saturated heterocycles. The molecule has 0 fully saturated rings. The van der Waals surface area contributed by atoms with Gasteiger partial charge in [0.05, 0.1) is 0 Å². The summed E-state index contributed by atoms with van der Waals surface area (Å²) in [5.41, 5.74) is 13.7. The van der Waals surface area contributed by atoms with Crippen LogP contribution in [0.2, 0.25) is 0 Å². The van der Waals surface area contributed by atoms with Crippen LogP contribution in [-0.4, -0.2) is 4.21 Å². The number of fused-ring (bicyclic) bond motifs is 3. The van der Waals surface area contributed by atoms with Crippen LogP contribution in [0.25, 0.3) is 11.1 Å². The van der Waals surface area contributed by atoms with Crippen molar-refractivity contribution in [1.82, 2.24) is 0 Å². The van der Waals surface area contributed by atoms with E-state index in [2.05, 4.69) is 206 Å². The number of halogens is 2. The maximum absolute atomic E-state index is 3.67. The van der Waals surface area contributed by atoms with E-state index >= 15 is 0 Å². The third kappa shape index (κ3) is 16.9. The van der Waals surface area contributed by atoms with Crippen molar-refractivity contribution >= 4 is 29.0 Å². The van der Waals surface area contributed by atoms with E-state index in [-0.39, 0.29) is 46.5 Å². The fourth-order valence-electron chi connectivity index (χ4n) is 6.01. The topological polar surface area (TPSA) is 0 Å². The third-order valence-electron chi connectivity index (χ3n) is 9.77.